The lowest BCUT2D eigenvalue weighted by atomic mass is 10.0. The smallest absolute Gasteiger partial charge is 0.269 e. The van der Waals surface area contributed by atoms with Crippen molar-refractivity contribution in [2.24, 2.45) is 0 Å². The molecule has 0 radical (unpaired) electrons. The first-order valence-electron chi connectivity index (χ1n) is 9.46. The number of benzene rings is 2. The van der Waals surface area contributed by atoms with Gasteiger partial charge in [0, 0.05) is 5.38 Å². The number of aromatic nitrogens is 1. The lowest BCUT2D eigenvalue weighted by molar-refractivity contribution is 0.489. The van der Waals surface area contributed by atoms with Crippen molar-refractivity contribution in [1.82, 2.24) is 9.71 Å². The maximum atomic E-state index is 12.9. The van der Waals surface area contributed by atoms with E-state index < -0.39 is 26.4 Å². The van der Waals surface area contributed by atoms with Crippen LogP contribution in [0.5, 0.6) is 0 Å². The summed E-state index contributed by atoms with van der Waals surface area (Å²) < 4.78 is 62.3. The van der Waals surface area contributed by atoms with Crippen LogP contribution in [0.3, 0.4) is 0 Å². The number of aryl methyl sites for hydroxylation is 1. The SMILES string of the molecule is CCc1nc(C(Cc2ccccc2NS(=O)(=O)O)NS(=O)(=O)Cc2ccccc2)cs1. The van der Waals surface area contributed by atoms with Gasteiger partial charge in [-0.25, -0.2) is 18.1 Å². The van der Waals surface area contributed by atoms with Crippen molar-refractivity contribution in [2.45, 2.75) is 31.6 Å². The Morgan fingerprint density at radius 3 is 2.35 bits per heavy atom. The van der Waals surface area contributed by atoms with Crippen molar-refractivity contribution in [3.63, 3.8) is 0 Å². The van der Waals surface area contributed by atoms with Gasteiger partial charge in [-0.3, -0.25) is 9.27 Å². The van der Waals surface area contributed by atoms with Crippen LogP contribution in [0.1, 0.15) is 34.8 Å². The van der Waals surface area contributed by atoms with Crippen LogP contribution < -0.4 is 9.44 Å². The van der Waals surface area contributed by atoms with E-state index in [4.69, 9.17) is 0 Å². The molecule has 0 aliphatic rings. The van der Waals surface area contributed by atoms with Crippen molar-refractivity contribution in [2.75, 3.05) is 4.72 Å². The number of anilines is 1. The standard InChI is InChI=1S/C20H23N3O5S3/c1-2-20-21-19(13-29-20)18(22-30(24,25)14-15-8-4-3-5-9-15)12-16-10-6-7-11-17(16)23-31(26,27)28/h3-11,13,18,22-23H,2,12,14H2,1H3,(H,26,27,28). The van der Waals surface area contributed by atoms with Crippen LogP contribution in [-0.2, 0) is 38.9 Å². The predicted molar refractivity (Wildman–Crippen MR) is 122 cm³/mol. The number of nitrogens with zero attached hydrogens (tertiary/aromatic N) is 1. The third-order valence-corrected chi connectivity index (χ3v) is 7.28. The molecule has 2 aromatic carbocycles. The largest absolute Gasteiger partial charge is 0.357 e. The second kappa shape index (κ2) is 9.88. The zero-order valence-corrected chi connectivity index (χ0v) is 19.2. The highest BCUT2D eigenvalue weighted by Crippen LogP contribution is 2.26. The molecule has 0 spiro atoms. The van der Waals surface area contributed by atoms with Crippen LogP contribution in [0.15, 0.2) is 60.0 Å². The Kier molecular flexibility index (Phi) is 7.44. The van der Waals surface area contributed by atoms with Gasteiger partial charge in [-0.05, 0) is 30.0 Å². The molecule has 0 fully saturated rings. The van der Waals surface area contributed by atoms with E-state index in [-0.39, 0.29) is 17.9 Å². The molecule has 1 aromatic heterocycles. The molecule has 1 atom stereocenters. The van der Waals surface area contributed by atoms with Crippen LogP contribution in [0.25, 0.3) is 0 Å². The summed E-state index contributed by atoms with van der Waals surface area (Å²) in [5, 5.41) is 2.67. The van der Waals surface area contributed by atoms with Gasteiger partial charge >= 0.3 is 10.3 Å². The summed E-state index contributed by atoms with van der Waals surface area (Å²) in [5.74, 6) is -0.194. The Hall–Kier alpha value is -2.31. The van der Waals surface area contributed by atoms with E-state index in [1.165, 1.54) is 17.4 Å². The van der Waals surface area contributed by atoms with E-state index >= 15 is 0 Å². The fourth-order valence-electron chi connectivity index (χ4n) is 3.06. The molecule has 1 unspecified atom stereocenters. The Bertz CT molecular complexity index is 1230. The number of para-hydroxylation sites is 1. The summed E-state index contributed by atoms with van der Waals surface area (Å²) in [6.45, 7) is 1.96. The summed E-state index contributed by atoms with van der Waals surface area (Å²) in [4.78, 5) is 4.52. The van der Waals surface area contributed by atoms with Gasteiger partial charge in [0.25, 0.3) is 0 Å². The van der Waals surface area contributed by atoms with Crippen LogP contribution in [0, 0.1) is 0 Å². The van der Waals surface area contributed by atoms with E-state index in [1.54, 1.807) is 47.8 Å². The molecule has 0 saturated carbocycles. The minimum atomic E-state index is -4.48. The number of nitrogens with one attached hydrogen (secondary N) is 2. The number of hydrogen-bond acceptors (Lipinski definition) is 6. The molecule has 0 amide bonds. The first kappa shape index (κ1) is 23.4. The van der Waals surface area contributed by atoms with E-state index in [1.807, 2.05) is 13.0 Å². The summed E-state index contributed by atoms with van der Waals surface area (Å²) in [7, 11) is -8.20. The van der Waals surface area contributed by atoms with Gasteiger partial charge in [0.1, 0.15) is 0 Å². The van der Waals surface area contributed by atoms with E-state index in [9.17, 15) is 21.4 Å². The predicted octanol–water partition coefficient (Wildman–Crippen LogP) is 3.32. The van der Waals surface area contributed by atoms with Crippen molar-refractivity contribution < 1.29 is 21.4 Å². The topological polar surface area (TPSA) is 125 Å². The van der Waals surface area contributed by atoms with Gasteiger partial charge in [-0.1, -0.05) is 55.5 Å². The van der Waals surface area contributed by atoms with E-state index in [0.717, 1.165) is 11.4 Å². The minimum Gasteiger partial charge on any atom is -0.269 e. The van der Waals surface area contributed by atoms with Crippen molar-refractivity contribution in [3.8, 4) is 0 Å². The Morgan fingerprint density at radius 2 is 1.71 bits per heavy atom. The molecule has 0 bridgehead atoms. The van der Waals surface area contributed by atoms with Crippen LogP contribution in [0.4, 0.5) is 5.69 Å². The van der Waals surface area contributed by atoms with Gasteiger partial charge in [0.15, 0.2) is 0 Å². The molecule has 166 valence electrons. The van der Waals surface area contributed by atoms with Crippen LogP contribution in [-0.4, -0.2) is 26.4 Å². The number of rotatable bonds is 10. The average Bonchev–Trinajstić information content (AvgIpc) is 3.17. The highest BCUT2D eigenvalue weighted by molar-refractivity contribution is 7.88. The lowest BCUT2D eigenvalue weighted by Gasteiger charge is -2.19. The summed E-state index contributed by atoms with van der Waals surface area (Å²) in [6, 6.07) is 14.6. The highest BCUT2D eigenvalue weighted by Gasteiger charge is 2.24. The number of thiazole rings is 1. The molecule has 0 aliphatic carbocycles. The van der Waals surface area contributed by atoms with Gasteiger partial charge in [-0.15, -0.1) is 11.3 Å². The fraction of sp³-hybridized carbons (Fsp3) is 0.250. The van der Waals surface area contributed by atoms with Crippen LogP contribution in [0.2, 0.25) is 0 Å². The Balaban J connectivity index is 1.91. The maximum Gasteiger partial charge on any atom is 0.357 e. The second-order valence-electron chi connectivity index (χ2n) is 6.87. The molecule has 0 saturated heterocycles. The quantitative estimate of drug-likeness (QED) is 0.382. The van der Waals surface area contributed by atoms with Gasteiger partial charge in [-0.2, -0.15) is 8.42 Å². The molecular weight excluding hydrogens is 458 g/mol. The molecule has 1 heterocycles. The molecule has 0 aliphatic heterocycles. The van der Waals surface area contributed by atoms with Crippen molar-refractivity contribution in [1.29, 1.82) is 0 Å². The third-order valence-electron chi connectivity index (χ3n) is 4.43. The summed E-state index contributed by atoms with van der Waals surface area (Å²) in [6.07, 6.45) is 0.856. The molecule has 8 nitrogen and oxygen atoms in total. The molecular formula is C20H23N3O5S3. The van der Waals surface area contributed by atoms with Gasteiger partial charge in [0.05, 0.1) is 28.2 Å². The number of sulfonamides is 1. The molecule has 11 heteroatoms. The Morgan fingerprint density at radius 1 is 1.03 bits per heavy atom. The highest BCUT2D eigenvalue weighted by atomic mass is 32.2. The molecule has 3 rings (SSSR count). The van der Waals surface area contributed by atoms with Crippen LogP contribution >= 0.6 is 11.3 Å². The monoisotopic (exact) mass is 481 g/mol. The maximum absolute atomic E-state index is 12.9. The van der Waals surface area contributed by atoms with Crippen molar-refractivity contribution >= 4 is 37.4 Å². The molecule has 3 aromatic rings. The second-order valence-corrected chi connectivity index (χ2v) is 10.7. The average molecular weight is 482 g/mol. The zero-order chi connectivity index (χ0) is 22.5. The van der Waals surface area contributed by atoms with E-state index in [2.05, 4.69) is 14.4 Å². The zero-order valence-electron chi connectivity index (χ0n) is 16.7. The summed E-state index contributed by atoms with van der Waals surface area (Å²) in [5.41, 5.74) is 1.89. The summed E-state index contributed by atoms with van der Waals surface area (Å²) >= 11 is 1.44. The van der Waals surface area contributed by atoms with E-state index in [0.29, 0.717) is 16.8 Å². The van der Waals surface area contributed by atoms with Crippen molar-refractivity contribution in [3.05, 3.63) is 81.8 Å². The van der Waals surface area contributed by atoms with Gasteiger partial charge in [0.2, 0.25) is 10.0 Å². The first-order valence-corrected chi connectivity index (χ1v) is 13.4. The van der Waals surface area contributed by atoms with Gasteiger partial charge < -0.3 is 0 Å². The first-order chi connectivity index (χ1) is 14.6. The molecule has 31 heavy (non-hydrogen) atoms. The Labute approximate surface area is 186 Å². The lowest BCUT2D eigenvalue weighted by Crippen LogP contribution is -2.31. The number of hydrogen-bond donors (Lipinski definition) is 3. The minimum absolute atomic E-state index is 0.138. The third kappa shape index (κ3) is 7.11. The fourth-order valence-corrected chi connectivity index (χ4v) is 5.69. The molecule has 3 N–H and O–H groups in total. The normalized spacial score (nSPS) is 13.1.